The number of halogens is 3. The third-order valence-electron chi connectivity index (χ3n) is 3.97. The molecule has 3 nitrogen and oxygen atoms in total. The number of alkyl halides is 3. The van der Waals surface area contributed by atoms with Crippen molar-refractivity contribution in [1.82, 2.24) is 5.43 Å². The summed E-state index contributed by atoms with van der Waals surface area (Å²) in [6.45, 7) is 0.446. The van der Waals surface area contributed by atoms with E-state index in [1.165, 1.54) is 17.4 Å². The molecule has 0 amide bonds. The fraction of sp³-hybridized carbons (Fsp3) is 0.167. The normalized spacial score (nSPS) is 15.1. The predicted octanol–water partition coefficient (Wildman–Crippen LogP) is 4.87. The maximum Gasteiger partial charge on any atom is 0.417 e. The number of hydrogen-bond acceptors (Lipinski definition) is 4. The van der Waals surface area contributed by atoms with Crippen molar-refractivity contribution >= 4 is 27.1 Å². The molecule has 1 N–H and O–H groups in total. The lowest BCUT2D eigenvalue weighted by Crippen LogP contribution is -2.26. The third-order valence-corrected chi connectivity index (χ3v) is 5.12. The molecule has 0 radical (unpaired) electrons. The monoisotopic (exact) mass is 362 g/mol. The molecule has 0 bridgehead atoms. The number of hydrogen-bond donors (Lipinski definition) is 1. The van der Waals surface area contributed by atoms with Gasteiger partial charge in [-0.2, -0.15) is 18.3 Å². The molecular weight excluding hydrogens is 349 g/mol. The molecule has 0 atom stereocenters. The smallest absolute Gasteiger partial charge is 0.353 e. The summed E-state index contributed by atoms with van der Waals surface area (Å²) < 4.78 is 47.1. The number of nitrogens with zero attached hydrogens (tertiary/aromatic N) is 1. The summed E-state index contributed by atoms with van der Waals surface area (Å²) in [5.41, 5.74) is 3.03. The van der Waals surface area contributed by atoms with E-state index in [2.05, 4.69) is 10.5 Å². The van der Waals surface area contributed by atoms with Crippen LogP contribution in [0.2, 0.25) is 0 Å². The second-order valence-corrected chi connectivity index (χ2v) is 6.70. The van der Waals surface area contributed by atoms with Crippen LogP contribution in [0.15, 0.2) is 53.6 Å². The Hall–Kier alpha value is -2.38. The second-order valence-electron chi connectivity index (χ2n) is 5.62. The van der Waals surface area contributed by atoms with E-state index in [1.54, 1.807) is 12.1 Å². The van der Waals surface area contributed by atoms with Crippen LogP contribution in [0.4, 0.5) is 13.2 Å². The van der Waals surface area contributed by atoms with Gasteiger partial charge >= 0.3 is 6.18 Å². The summed E-state index contributed by atoms with van der Waals surface area (Å²) in [5, 5.41) is 4.98. The van der Waals surface area contributed by atoms with Crippen molar-refractivity contribution in [3.05, 3.63) is 59.7 Å². The van der Waals surface area contributed by atoms with Gasteiger partial charge in [-0.15, -0.1) is 11.3 Å². The van der Waals surface area contributed by atoms with Gasteiger partial charge in [-0.05, 0) is 23.6 Å². The molecule has 128 valence electrons. The lowest BCUT2D eigenvalue weighted by atomic mass is 9.99. The number of benzene rings is 2. The van der Waals surface area contributed by atoms with Gasteiger partial charge in [-0.25, -0.2) is 0 Å². The van der Waals surface area contributed by atoms with Crippen LogP contribution in [0.3, 0.4) is 0 Å². The molecule has 0 spiro atoms. The van der Waals surface area contributed by atoms with Crippen molar-refractivity contribution in [2.24, 2.45) is 5.10 Å². The average molecular weight is 362 g/mol. The van der Waals surface area contributed by atoms with E-state index in [1.807, 2.05) is 24.3 Å². The minimum absolute atomic E-state index is 0.183. The van der Waals surface area contributed by atoms with Gasteiger partial charge in [0.15, 0.2) is 0 Å². The van der Waals surface area contributed by atoms with E-state index in [9.17, 15) is 13.2 Å². The van der Waals surface area contributed by atoms with Crippen molar-refractivity contribution in [2.75, 3.05) is 13.3 Å². The van der Waals surface area contributed by atoms with Gasteiger partial charge in [0.25, 0.3) is 0 Å². The quantitative estimate of drug-likeness (QED) is 0.706. The molecule has 0 fully saturated rings. The average Bonchev–Trinajstić information content (AvgIpc) is 3.05. The molecule has 1 aromatic heterocycles. The first-order chi connectivity index (χ1) is 12.0. The van der Waals surface area contributed by atoms with Gasteiger partial charge < -0.3 is 4.74 Å². The van der Waals surface area contributed by atoms with Crippen LogP contribution in [0, 0.1) is 0 Å². The Kier molecular flexibility index (Phi) is 3.97. The van der Waals surface area contributed by atoms with Crippen molar-refractivity contribution in [3.8, 4) is 10.4 Å². The van der Waals surface area contributed by atoms with E-state index >= 15 is 0 Å². The molecule has 1 aliphatic rings. The van der Waals surface area contributed by atoms with Crippen LogP contribution in [0.25, 0.3) is 20.5 Å². The van der Waals surface area contributed by atoms with Gasteiger partial charge in [0.2, 0.25) is 0 Å². The topological polar surface area (TPSA) is 33.6 Å². The Balaban J connectivity index is 1.85. The summed E-state index contributed by atoms with van der Waals surface area (Å²) in [6.07, 6.45) is -4.45. The fourth-order valence-corrected chi connectivity index (χ4v) is 3.89. The minimum Gasteiger partial charge on any atom is -0.353 e. The SMILES string of the molecule is FC(F)(F)c1cc(C2=NNCOC2)ccc1-c1cc2ccccc2s1. The van der Waals surface area contributed by atoms with E-state index in [0.29, 0.717) is 16.2 Å². The molecule has 3 aromatic rings. The molecule has 4 rings (SSSR count). The molecule has 1 aliphatic heterocycles. The zero-order chi connectivity index (χ0) is 17.4. The first-order valence-corrected chi connectivity index (χ1v) is 8.42. The zero-order valence-corrected chi connectivity index (χ0v) is 13.7. The van der Waals surface area contributed by atoms with Crippen LogP contribution < -0.4 is 5.43 Å². The van der Waals surface area contributed by atoms with Gasteiger partial charge in [-0.3, -0.25) is 5.43 Å². The summed E-state index contributed by atoms with van der Waals surface area (Å²) >= 11 is 1.35. The number of thiophene rings is 1. The van der Waals surface area contributed by atoms with Gasteiger partial charge in [-0.1, -0.05) is 30.3 Å². The molecule has 0 aliphatic carbocycles. The molecular formula is C18H13F3N2OS. The highest BCUT2D eigenvalue weighted by atomic mass is 32.1. The van der Waals surface area contributed by atoms with Crippen LogP contribution in [-0.4, -0.2) is 19.0 Å². The molecule has 25 heavy (non-hydrogen) atoms. The van der Waals surface area contributed by atoms with E-state index in [-0.39, 0.29) is 18.9 Å². The van der Waals surface area contributed by atoms with Crippen molar-refractivity contribution in [1.29, 1.82) is 0 Å². The van der Waals surface area contributed by atoms with Gasteiger partial charge in [0.1, 0.15) is 6.73 Å². The highest BCUT2D eigenvalue weighted by Gasteiger charge is 2.34. The number of rotatable bonds is 2. The largest absolute Gasteiger partial charge is 0.417 e. The molecule has 2 heterocycles. The molecule has 0 unspecified atom stereocenters. The van der Waals surface area contributed by atoms with Crippen LogP contribution >= 0.6 is 11.3 Å². The van der Waals surface area contributed by atoms with E-state index < -0.39 is 11.7 Å². The van der Waals surface area contributed by atoms with Crippen LogP contribution in [0.5, 0.6) is 0 Å². The molecule has 2 aromatic carbocycles. The van der Waals surface area contributed by atoms with Crippen LogP contribution in [0.1, 0.15) is 11.1 Å². The number of nitrogens with one attached hydrogen (secondary N) is 1. The summed E-state index contributed by atoms with van der Waals surface area (Å²) in [4.78, 5) is 0.597. The first kappa shape index (κ1) is 16.1. The summed E-state index contributed by atoms with van der Waals surface area (Å²) in [6, 6.07) is 13.7. The lowest BCUT2D eigenvalue weighted by molar-refractivity contribution is -0.137. The zero-order valence-electron chi connectivity index (χ0n) is 12.9. The summed E-state index contributed by atoms with van der Waals surface area (Å²) in [7, 11) is 0. The highest BCUT2D eigenvalue weighted by Crippen LogP contribution is 2.41. The molecule has 0 saturated heterocycles. The fourth-order valence-electron chi connectivity index (χ4n) is 2.79. The summed E-state index contributed by atoms with van der Waals surface area (Å²) in [5.74, 6) is 0. The Morgan fingerprint density at radius 3 is 2.64 bits per heavy atom. The van der Waals surface area contributed by atoms with E-state index in [0.717, 1.165) is 16.2 Å². The predicted molar refractivity (Wildman–Crippen MR) is 92.8 cm³/mol. The Morgan fingerprint density at radius 1 is 1.08 bits per heavy atom. The Labute approximate surface area is 145 Å². The number of hydrazone groups is 1. The van der Waals surface area contributed by atoms with Crippen molar-refractivity contribution < 1.29 is 17.9 Å². The lowest BCUT2D eigenvalue weighted by Gasteiger charge is -2.17. The van der Waals surface area contributed by atoms with Crippen LogP contribution in [-0.2, 0) is 10.9 Å². The number of fused-ring (bicyclic) bond motifs is 1. The second kappa shape index (κ2) is 6.16. The van der Waals surface area contributed by atoms with Crippen molar-refractivity contribution in [3.63, 3.8) is 0 Å². The van der Waals surface area contributed by atoms with Crippen molar-refractivity contribution in [2.45, 2.75) is 6.18 Å². The van der Waals surface area contributed by atoms with Gasteiger partial charge in [0.05, 0.1) is 17.9 Å². The Morgan fingerprint density at radius 2 is 1.92 bits per heavy atom. The third kappa shape index (κ3) is 3.12. The first-order valence-electron chi connectivity index (χ1n) is 7.60. The standard InChI is InChI=1S/C18H13F3N2OS/c19-18(20,21)14-7-11(15-9-24-10-22-23-15)5-6-13(14)17-8-12-3-1-2-4-16(12)25-17/h1-8,22H,9-10H2. The Bertz CT molecular complexity index is 929. The minimum atomic E-state index is -4.45. The van der Waals surface area contributed by atoms with E-state index in [4.69, 9.17) is 4.74 Å². The number of ether oxygens (including phenoxy) is 1. The maximum atomic E-state index is 13.7. The molecule has 0 saturated carbocycles. The maximum absolute atomic E-state index is 13.7. The van der Waals surface area contributed by atoms with Gasteiger partial charge in [0, 0.05) is 20.7 Å². The highest BCUT2D eigenvalue weighted by molar-refractivity contribution is 7.22. The molecule has 7 heteroatoms.